The molecule has 0 radical (unpaired) electrons. The van der Waals surface area contributed by atoms with Crippen LogP contribution in [0.3, 0.4) is 0 Å². The number of nitrogens with zero attached hydrogens (tertiary/aromatic N) is 1. The highest BCUT2D eigenvalue weighted by Gasteiger charge is 2.15. The minimum absolute atomic E-state index is 0.652. The largest absolute Gasteiger partial charge is 0.381 e. The highest BCUT2D eigenvalue weighted by Crippen LogP contribution is 2.15. The molecule has 3 nitrogen and oxygen atoms in total. The Balaban J connectivity index is 2.01. The first-order valence-electron chi connectivity index (χ1n) is 8.07. The summed E-state index contributed by atoms with van der Waals surface area (Å²) < 4.78 is 5.41. The van der Waals surface area contributed by atoms with Gasteiger partial charge in [-0.3, -0.25) is 0 Å². The van der Waals surface area contributed by atoms with E-state index in [1.54, 1.807) is 0 Å². The predicted octanol–water partition coefficient (Wildman–Crippen LogP) is 2.76. The van der Waals surface area contributed by atoms with E-state index in [0.717, 1.165) is 38.1 Å². The van der Waals surface area contributed by atoms with Crippen molar-refractivity contribution in [3.05, 3.63) is 0 Å². The molecule has 1 N–H and O–H groups in total. The van der Waals surface area contributed by atoms with Crippen molar-refractivity contribution in [3.63, 3.8) is 0 Å². The van der Waals surface area contributed by atoms with Gasteiger partial charge in [-0.25, -0.2) is 0 Å². The van der Waals surface area contributed by atoms with Crippen LogP contribution in [0.1, 0.15) is 46.5 Å². The molecule has 1 saturated heterocycles. The van der Waals surface area contributed by atoms with Crippen LogP contribution in [0.5, 0.6) is 0 Å². The first-order valence-corrected chi connectivity index (χ1v) is 8.07. The molecule has 0 saturated carbocycles. The van der Waals surface area contributed by atoms with Crippen molar-refractivity contribution < 1.29 is 4.74 Å². The summed E-state index contributed by atoms with van der Waals surface area (Å²) in [6.07, 6.45) is 5.10. The molecule has 0 spiro atoms. The van der Waals surface area contributed by atoms with Crippen molar-refractivity contribution in [1.82, 2.24) is 10.2 Å². The van der Waals surface area contributed by atoms with E-state index in [9.17, 15) is 0 Å². The number of nitrogens with one attached hydrogen (secondary N) is 1. The summed E-state index contributed by atoms with van der Waals surface area (Å²) in [5.74, 6) is 1.66. The lowest BCUT2D eigenvalue weighted by Gasteiger charge is -2.27. The van der Waals surface area contributed by atoms with Crippen LogP contribution >= 0.6 is 0 Å². The minimum Gasteiger partial charge on any atom is -0.381 e. The average molecular weight is 270 g/mol. The van der Waals surface area contributed by atoms with Gasteiger partial charge in [0.05, 0.1) is 0 Å². The molecule has 0 aromatic carbocycles. The van der Waals surface area contributed by atoms with E-state index in [-0.39, 0.29) is 0 Å². The second-order valence-electron chi connectivity index (χ2n) is 6.64. The lowest BCUT2D eigenvalue weighted by Crippen LogP contribution is -2.37. The van der Waals surface area contributed by atoms with Gasteiger partial charge < -0.3 is 15.0 Å². The van der Waals surface area contributed by atoms with Crippen molar-refractivity contribution in [3.8, 4) is 0 Å². The van der Waals surface area contributed by atoms with Gasteiger partial charge in [-0.1, -0.05) is 13.8 Å². The van der Waals surface area contributed by atoms with E-state index in [1.807, 2.05) is 0 Å². The number of hydrogen-bond acceptors (Lipinski definition) is 3. The van der Waals surface area contributed by atoms with E-state index in [1.165, 1.54) is 32.2 Å². The van der Waals surface area contributed by atoms with Crippen molar-refractivity contribution in [1.29, 1.82) is 0 Å². The van der Waals surface area contributed by atoms with E-state index in [4.69, 9.17) is 4.74 Å². The zero-order valence-electron chi connectivity index (χ0n) is 13.5. The minimum atomic E-state index is 0.652. The van der Waals surface area contributed by atoms with Crippen LogP contribution in [0.25, 0.3) is 0 Å². The van der Waals surface area contributed by atoms with Gasteiger partial charge in [-0.15, -0.1) is 0 Å². The molecule has 3 heteroatoms. The third-order valence-electron chi connectivity index (χ3n) is 4.07. The van der Waals surface area contributed by atoms with Gasteiger partial charge >= 0.3 is 0 Å². The molecular weight excluding hydrogens is 236 g/mol. The molecule has 1 aliphatic heterocycles. The molecule has 1 fully saturated rings. The predicted molar refractivity (Wildman–Crippen MR) is 82.6 cm³/mol. The molecule has 1 aliphatic rings. The summed E-state index contributed by atoms with van der Waals surface area (Å²) in [5.41, 5.74) is 0. The first-order chi connectivity index (χ1) is 9.08. The zero-order chi connectivity index (χ0) is 14.1. The van der Waals surface area contributed by atoms with E-state index >= 15 is 0 Å². The van der Waals surface area contributed by atoms with Crippen LogP contribution in [-0.4, -0.2) is 50.8 Å². The second-order valence-corrected chi connectivity index (χ2v) is 6.64. The highest BCUT2D eigenvalue weighted by molar-refractivity contribution is 4.69. The topological polar surface area (TPSA) is 24.5 Å². The maximum atomic E-state index is 5.41. The van der Waals surface area contributed by atoms with Gasteiger partial charge in [0.1, 0.15) is 0 Å². The van der Waals surface area contributed by atoms with Crippen molar-refractivity contribution >= 4 is 0 Å². The molecule has 114 valence electrons. The van der Waals surface area contributed by atoms with E-state index in [2.05, 4.69) is 38.0 Å². The van der Waals surface area contributed by atoms with Crippen molar-refractivity contribution in [2.24, 2.45) is 11.8 Å². The van der Waals surface area contributed by atoms with Gasteiger partial charge in [0.25, 0.3) is 0 Å². The van der Waals surface area contributed by atoms with Gasteiger partial charge in [0.2, 0.25) is 0 Å². The number of likely N-dealkylation sites (N-methyl/N-ethyl adjacent to an activating group) is 1. The van der Waals surface area contributed by atoms with Gasteiger partial charge in [0.15, 0.2) is 0 Å². The van der Waals surface area contributed by atoms with Crippen LogP contribution in [0, 0.1) is 11.8 Å². The summed E-state index contributed by atoms with van der Waals surface area (Å²) in [5, 5.41) is 3.64. The van der Waals surface area contributed by atoms with Gasteiger partial charge in [-0.2, -0.15) is 0 Å². The van der Waals surface area contributed by atoms with Crippen LogP contribution in [0.15, 0.2) is 0 Å². The normalized spacial score (nSPS) is 19.3. The van der Waals surface area contributed by atoms with Crippen molar-refractivity contribution in [2.75, 3.05) is 39.9 Å². The lowest BCUT2D eigenvalue weighted by atomic mass is 10.00. The van der Waals surface area contributed by atoms with Crippen molar-refractivity contribution in [2.45, 2.75) is 52.5 Å². The Labute approximate surface area is 120 Å². The Morgan fingerprint density at radius 1 is 1.16 bits per heavy atom. The third kappa shape index (κ3) is 8.61. The smallest absolute Gasteiger partial charge is 0.0469 e. The van der Waals surface area contributed by atoms with Crippen LogP contribution in [-0.2, 0) is 4.74 Å². The van der Waals surface area contributed by atoms with Gasteiger partial charge in [0, 0.05) is 38.9 Å². The second kappa shape index (κ2) is 9.73. The van der Waals surface area contributed by atoms with E-state index < -0.39 is 0 Å². The van der Waals surface area contributed by atoms with Crippen LogP contribution in [0.2, 0.25) is 0 Å². The molecule has 0 aromatic rings. The fourth-order valence-corrected chi connectivity index (χ4v) is 2.65. The van der Waals surface area contributed by atoms with Crippen LogP contribution < -0.4 is 5.32 Å². The summed E-state index contributed by atoms with van der Waals surface area (Å²) in [7, 11) is 2.25. The summed E-state index contributed by atoms with van der Waals surface area (Å²) in [4.78, 5) is 2.47. The van der Waals surface area contributed by atoms with Crippen LogP contribution in [0.4, 0.5) is 0 Å². The third-order valence-corrected chi connectivity index (χ3v) is 4.07. The Kier molecular flexibility index (Phi) is 8.67. The van der Waals surface area contributed by atoms with Gasteiger partial charge in [-0.05, 0) is 51.5 Å². The maximum absolute atomic E-state index is 5.41. The Morgan fingerprint density at radius 2 is 1.84 bits per heavy atom. The average Bonchev–Trinajstić information content (AvgIpc) is 2.37. The molecule has 0 aliphatic carbocycles. The molecule has 0 aromatic heterocycles. The lowest BCUT2D eigenvalue weighted by molar-refractivity contribution is 0.0558. The summed E-state index contributed by atoms with van der Waals surface area (Å²) in [6, 6.07) is 0.652. The standard InChI is InChI=1S/C16H34N2O/c1-14(2)5-6-15(3)17-9-10-18(4)13-16-7-11-19-12-8-16/h14-17H,5-13H2,1-4H3. The zero-order valence-corrected chi connectivity index (χ0v) is 13.5. The van der Waals surface area contributed by atoms with E-state index in [0.29, 0.717) is 6.04 Å². The summed E-state index contributed by atoms with van der Waals surface area (Å²) >= 11 is 0. The Bertz CT molecular complexity index is 215. The Hall–Kier alpha value is -0.120. The quantitative estimate of drug-likeness (QED) is 0.697. The Morgan fingerprint density at radius 3 is 2.47 bits per heavy atom. The number of rotatable bonds is 9. The maximum Gasteiger partial charge on any atom is 0.0469 e. The monoisotopic (exact) mass is 270 g/mol. The molecule has 19 heavy (non-hydrogen) atoms. The first kappa shape index (κ1) is 16.9. The molecule has 1 rings (SSSR count). The fourth-order valence-electron chi connectivity index (χ4n) is 2.65. The SMILES string of the molecule is CC(C)CCC(C)NCCN(C)CC1CCOCC1. The molecular formula is C16H34N2O. The molecule has 0 amide bonds. The number of hydrogen-bond donors (Lipinski definition) is 1. The molecule has 1 atom stereocenters. The highest BCUT2D eigenvalue weighted by atomic mass is 16.5. The fraction of sp³-hybridized carbons (Fsp3) is 1.00. The molecule has 1 unspecified atom stereocenters. The molecule has 1 heterocycles. The number of ether oxygens (including phenoxy) is 1. The summed E-state index contributed by atoms with van der Waals surface area (Å²) in [6.45, 7) is 12.3. The molecule has 0 bridgehead atoms.